The SMILES string of the molecule is Cc1cccc(C)c1CNC1CCN(C)C(C)C1. The minimum atomic E-state index is 0.676. The van der Waals surface area contributed by atoms with Crippen LogP contribution in [-0.4, -0.2) is 30.6 Å². The van der Waals surface area contributed by atoms with Crippen LogP contribution in [0.15, 0.2) is 18.2 Å². The quantitative estimate of drug-likeness (QED) is 0.882. The molecule has 0 saturated carbocycles. The molecule has 18 heavy (non-hydrogen) atoms. The average molecular weight is 246 g/mol. The van der Waals surface area contributed by atoms with Crippen molar-refractivity contribution in [2.45, 2.75) is 52.2 Å². The Labute approximate surface area is 111 Å². The molecule has 2 rings (SSSR count). The van der Waals surface area contributed by atoms with E-state index in [4.69, 9.17) is 0 Å². The van der Waals surface area contributed by atoms with Gasteiger partial charge >= 0.3 is 0 Å². The van der Waals surface area contributed by atoms with Gasteiger partial charge in [0.15, 0.2) is 0 Å². The van der Waals surface area contributed by atoms with Gasteiger partial charge in [-0.25, -0.2) is 0 Å². The van der Waals surface area contributed by atoms with Gasteiger partial charge in [0.25, 0.3) is 0 Å². The second kappa shape index (κ2) is 5.85. The van der Waals surface area contributed by atoms with E-state index in [1.54, 1.807) is 0 Å². The van der Waals surface area contributed by atoms with Gasteiger partial charge in [-0.2, -0.15) is 0 Å². The lowest BCUT2D eigenvalue weighted by Gasteiger charge is -2.35. The van der Waals surface area contributed by atoms with Gasteiger partial charge in [0.2, 0.25) is 0 Å². The Morgan fingerprint density at radius 3 is 2.56 bits per heavy atom. The van der Waals surface area contributed by atoms with Crippen LogP contribution in [0.5, 0.6) is 0 Å². The van der Waals surface area contributed by atoms with E-state index in [0.717, 1.165) is 6.54 Å². The molecule has 1 aliphatic rings. The normalized spacial score (nSPS) is 25.3. The molecule has 2 heteroatoms. The van der Waals surface area contributed by atoms with Crippen molar-refractivity contribution in [2.75, 3.05) is 13.6 Å². The van der Waals surface area contributed by atoms with Crippen LogP contribution >= 0.6 is 0 Å². The van der Waals surface area contributed by atoms with E-state index in [2.05, 4.69) is 56.2 Å². The summed E-state index contributed by atoms with van der Waals surface area (Å²) >= 11 is 0. The van der Waals surface area contributed by atoms with E-state index >= 15 is 0 Å². The molecule has 0 radical (unpaired) electrons. The van der Waals surface area contributed by atoms with Crippen molar-refractivity contribution < 1.29 is 0 Å². The maximum Gasteiger partial charge on any atom is 0.0213 e. The highest BCUT2D eigenvalue weighted by Crippen LogP contribution is 2.17. The molecule has 2 atom stereocenters. The molecular weight excluding hydrogens is 220 g/mol. The summed E-state index contributed by atoms with van der Waals surface area (Å²) in [6, 6.07) is 7.94. The van der Waals surface area contributed by atoms with Crippen LogP contribution in [-0.2, 0) is 6.54 Å². The van der Waals surface area contributed by atoms with Gasteiger partial charge in [-0.15, -0.1) is 0 Å². The fourth-order valence-electron chi connectivity index (χ4n) is 2.85. The third-order valence-electron chi connectivity index (χ3n) is 4.42. The first-order valence-electron chi connectivity index (χ1n) is 7.06. The third kappa shape index (κ3) is 3.12. The maximum absolute atomic E-state index is 3.74. The lowest BCUT2D eigenvalue weighted by Crippen LogP contribution is -2.45. The standard InChI is InChI=1S/C16H26N2/c1-12-6-5-7-13(2)16(12)11-17-15-8-9-18(4)14(3)10-15/h5-7,14-15,17H,8-11H2,1-4H3. The summed E-state index contributed by atoms with van der Waals surface area (Å²) in [6.07, 6.45) is 2.53. The molecular formula is C16H26N2. The summed E-state index contributed by atoms with van der Waals surface area (Å²) in [6.45, 7) is 8.97. The topological polar surface area (TPSA) is 15.3 Å². The second-order valence-electron chi connectivity index (χ2n) is 5.80. The molecule has 1 aromatic rings. The molecule has 1 aromatic carbocycles. The van der Waals surface area contributed by atoms with Gasteiger partial charge in [0.05, 0.1) is 0 Å². The summed E-state index contributed by atoms with van der Waals surface area (Å²) in [7, 11) is 2.23. The number of aryl methyl sites for hydroxylation is 2. The molecule has 1 aliphatic heterocycles. The van der Waals surface area contributed by atoms with E-state index in [1.165, 1.54) is 36.1 Å². The van der Waals surface area contributed by atoms with Crippen LogP contribution in [0.4, 0.5) is 0 Å². The highest BCUT2D eigenvalue weighted by Gasteiger charge is 2.22. The molecule has 0 amide bonds. The number of hydrogen-bond acceptors (Lipinski definition) is 2. The molecule has 1 fully saturated rings. The van der Waals surface area contributed by atoms with Gasteiger partial charge in [-0.05, 0) is 63.9 Å². The smallest absolute Gasteiger partial charge is 0.0213 e. The van der Waals surface area contributed by atoms with Crippen molar-refractivity contribution in [1.82, 2.24) is 10.2 Å². The molecule has 0 bridgehead atoms. The minimum absolute atomic E-state index is 0.676. The number of piperidine rings is 1. The van der Waals surface area contributed by atoms with E-state index in [-0.39, 0.29) is 0 Å². The zero-order chi connectivity index (χ0) is 13.1. The van der Waals surface area contributed by atoms with Gasteiger partial charge in [0.1, 0.15) is 0 Å². The number of nitrogens with zero attached hydrogens (tertiary/aromatic N) is 1. The van der Waals surface area contributed by atoms with Crippen molar-refractivity contribution in [3.05, 3.63) is 34.9 Å². The van der Waals surface area contributed by atoms with Crippen LogP contribution in [0.3, 0.4) is 0 Å². The molecule has 0 aliphatic carbocycles. The molecule has 100 valence electrons. The van der Waals surface area contributed by atoms with E-state index in [0.29, 0.717) is 12.1 Å². The predicted molar refractivity (Wildman–Crippen MR) is 77.9 cm³/mol. The molecule has 2 nitrogen and oxygen atoms in total. The van der Waals surface area contributed by atoms with Gasteiger partial charge in [-0.1, -0.05) is 18.2 Å². The highest BCUT2D eigenvalue weighted by atomic mass is 15.1. The van der Waals surface area contributed by atoms with Crippen LogP contribution in [0.2, 0.25) is 0 Å². The predicted octanol–water partition coefficient (Wildman–Crippen LogP) is 2.88. The van der Waals surface area contributed by atoms with Crippen molar-refractivity contribution in [2.24, 2.45) is 0 Å². The fourth-order valence-corrected chi connectivity index (χ4v) is 2.85. The molecule has 0 aromatic heterocycles. The Morgan fingerprint density at radius 1 is 1.28 bits per heavy atom. The van der Waals surface area contributed by atoms with Crippen LogP contribution in [0, 0.1) is 13.8 Å². The monoisotopic (exact) mass is 246 g/mol. The summed E-state index contributed by atoms with van der Waals surface area (Å²) in [5, 5.41) is 3.74. The summed E-state index contributed by atoms with van der Waals surface area (Å²) in [4.78, 5) is 2.46. The third-order valence-corrected chi connectivity index (χ3v) is 4.42. The minimum Gasteiger partial charge on any atom is -0.310 e. The number of hydrogen-bond donors (Lipinski definition) is 1. The molecule has 1 saturated heterocycles. The van der Waals surface area contributed by atoms with Crippen molar-refractivity contribution in [3.8, 4) is 0 Å². The Balaban J connectivity index is 1.92. The maximum atomic E-state index is 3.74. The van der Waals surface area contributed by atoms with Crippen molar-refractivity contribution in [1.29, 1.82) is 0 Å². The van der Waals surface area contributed by atoms with E-state index < -0.39 is 0 Å². The summed E-state index contributed by atoms with van der Waals surface area (Å²) in [5.41, 5.74) is 4.29. The number of likely N-dealkylation sites (tertiary alicyclic amines) is 1. The largest absolute Gasteiger partial charge is 0.310 e. The first-order chi connectivity index (χ1) is 8.58. The van der Waals surface area contributed by atoms with Crippen LogP contribution < -0.4 is 5.32 Å². The summed E-state index contributed by atoms with van der Waals surface area (Å²) in [5.74, 6) is 0. The van der Waals surface area contributed by atoms with E-state index in [1.807, 2.05) is 0 Å². The number of nitrogens with one attached hydrogen (secondary N) is 1. The Morgan fingerprint density at radius 2 is 1.94 bits per heavy atom. The van der Waals surface area contributed by atoms with Crippen molar-refractivity contribution in [3.63, 3.8) is 0 Å². The zero-order valence-electron chi connectivity index (χ0n) is 12.2. The lowest BCUT2D eigenvalue weighted by atomic mass is 9.97. The Bertz CT molecular complexity index is 380. The molecule has 1 heterocycles. The molecule has 1 N–H and O–H groups in total. The first kappa shape index (κ1) is 13.6. The molecule has 0 spiro atoms. The van der Waals surface area contributed by atoms with E-state index in [9.17, 15) is 0 Å². The van der Waals surface area contributed by atoms with Crippen LogP contribution in [0.1, 0.15) is 36.5 Å². The van der Waals surface area contributed by atoms with Gasteiger partial charge in [-0.3, -0.25) is 0 Å². The van der Waals surface area contributed by atoms with Crippen molar-refractivity contribution >= 4 is 0 Å². The first-order valence-corrected chi connectivity index (χ1v) is 7.06. The number of benzene rings is 1. The lowest BCUT2D eigenvalue weighted by molar-refractivity contribution is 0.168. The summed E-state index contributed by atoms with van der Waals surface area (Å²) < 4.78 is 0. The second-order valence-corrected chi connectivity index (χ2v) is 5.80. The highest BCUT2D eigenvalue weighted by molar-refractivity contribution is 5.33. The Hall–Kier alpha value is -0.860. The average Bonchev–Trinajstić information content (AvgIpc) is 2.33. The molecule has 2 unspecified atom stereocenters. The Kier molecular flexibility index (Phi) is 4.41. The van der Waals surface area contributed by atoms with Gasteiger partial charge in [0, 0.05) is 18.6 Å². The zero-order valence-corrected chi connectivity index (χ0v) is 12.2. The fraction of sp³-hybridized carbons (Fsp3) is 0.625. The van der Waals surface area contributed by atoms with Crippen LogP contribution in [0.25, 0.3) is 0 Å². The van der Waals surface area contributed by atoms with Gasteiger partial charge < -0.3 is 10.2 Å². The number of rotatable bonds is 3.